The first kappa shape index (κ1) is 9.32. The summed E-state index contributed by atoms with van der Waals surface area (Å²) in [6, 6.07) is 0.413. The molecular weight excluding hydrogens is 156 g/mol. The third-order valence-corrected chi connectivity index (χ3v) is 2.82. The number of likely N-dealkylation sites (N-methyl/N-ethyl adjacent to an activating group) is 1. The fourth-order valence-electron chi connectivity index (χ4n) is 1.57. The lowest BCUT2D eigenvalue weighted by Gasteiger charge is -2.41. The van der Waals surface area contributed by atoms with Crippen molar-refractivity contribution in [3.63, 3.8) is 0 Å². The summed E-state index contributed by atoms with van der Waals surface area (Å²) in [5.41, 5.74) is 0. The van der Waals surface area contributed by atoms with E-state index >= 15 is 0 Å². The van der Waals surface area contributed by atoms with Gasteiger partial charge < -0.3 is 10.0 Å². The van der Waals surface area contributed by atoms with Crippen molar-refractivity contribution in [2.75, 3.05) is 20.1 Å². The van der Waals surface area contributed by atoms with Gasteiger partial charge in [-0.3, -0.25) is 4.90 Å². The maximum absolute atomic E-state index is 10.7. The molecule has 1 aliphatic heterocycles. The fourth-order valence-corrected chi connectivity index (χ4v) is 1.57. The third kappa shape index (κ3) is 1.53. The standard InChI is InChI=1S/C8H16N2O2/c1-6-7(2)10(8(11)12)5-4-9(6)3/h6-7H,4-5H2,1-3H3,(H,11,12)/t6-,7-/m0/s1. The summed E-state index contributed by atoms with van der Waals surface area (Å²) in [6.07, 6.45) is -0.803. The molecular formula is C8H16N2O2. The molecule has 0 saturated carbocycles. The maximum Gasteiger partial charge on any atom is 0.407 e. The molecule has 0 radical (unpaired) electrons. The van der Waals surface area contributed by atoms with Crippen LogP contribution in [0, 0.1) is 0 Å². The number of nitrogens with zero attached hydrogens (tertiary/aromatic N) is 2. The van der Waals surface area contributed by atoms with E-state index in [0.717, 1.165) is 6.54 Å². The Morgan fingerprint density at radius 3 is 2.42 bits per heavy atom. The predicted octanol–water partition coefficient (Wildman–Crippen LogP) is 0.689. The predicted molar refractivity (Wildman–Crippen MR) is 46.3 cm³/mol. The second-order valence-electron chi connectivity index (χ2n) is 3.44. The van der Waals surface area contributed by atoms with Crippen LogP contribution in [0.15, 0.2) is 0 Å². The summed E-state index contributed by atoms with van der Waals surface area (Å²) in [5.74, 6) is 0. The van der Waals surface area contributed by atoms with E-state index in [1.54, 1.807) is 0 Å². The molecule has 0 bridgehead atoms. The van der Waals surface area contributed by atoms with E-state index in [9.17, 15) is 4.79 Å². The molecule has 1 heterocycles. The molecule has 4 nitrogen and oxygen atoms in total. The van der Waals surface area contributed by atoms with Crippen LogP contribution in [0.1, 0.15) is 13.8 Å². The van der Waals surface area contributed by atoms with E-state index < -0.39 is 6.09 Å². The van der Waals surface area contributed by atoms with Gasteiger partial charge in [0.2, 0.25) is 0 Å². The lowest BCUT2D eigenvalue weighted by molar-refractivity contribution is 0.0517. The number of amides is 1. The molecule has 0 aromatic rings. The van der Waals surface area contributed by atoms with Gasteiger partial charge in [-0.15, -0.1) is 0 Å². The summed E-state index contributed by atoms with van der Waals surface area (Å²) in [7, 11) is 2.03. The summed E-state index contributed by atoms with van der Waals surface area (Å²) in [4.78, 5) is 14.4. The Labute approximate surface area is 72.8 Å². The molecule has 70 valence electrons. The molecule has 2 atom stereocenters. The second kappa shape index (κ2) is 3.31. The van der Waals surface area contributed by atoms with Gasteiger partial charge in [-0.05, 0) is 20.9 Å². The number of piperazine rings is 1. The van der Waals surface area contributed by atoms with Gasteiger partial charge in [-0.2, -0.15) is 0 Å². The van der Waals surface area contributed by atoms with E-state index in [0.29, 0.717) is 12.6 Å². The molecule has 1 aliphatic rings. The zero-order valence-electron chi connectivity index (χ0n) is 7.82. The molecule has 1 saturated heterocycles. The van der Waals surface area contributed by atoms with Crippen molar-refractivity contribution in [3.05, 3.63) is 0 Å². The monoisotopic (exact) mass is 172 g/mol. The van der Waals surface area contributed by atoms with Crippen LogP contribution in [0.5, 0.6) is 0 Å². The molecule has 1 rings (SSSR count). The van der Waals surface area contributed by atoms with Crippen LogP contribution < -0.4 is 0 Å². The molecule has 4 heteroatoms. The molecule has 0 aromatic carbocycles. The average molecular weight is 172 g/mol. The molecule has 0 aliphatic carbocycles. The van der Waals surface area contributed by atoms with Crippen molar-refractivity contribution in [1.29, 1.82) is 0 Å². The van der Waals surface area contributed by atoms with Gasteiger partial charge in [0.05, 0.1) is 0 Å². The molecule has 0 aromatic heterocycles. The van der Waals surface area contributed by atoms with E-state index in [4.69, 9.17) is 5.11 Å². The molecule has 12 heavy (non-hydrogen) atoms. The average Bonchev–Trinajstić information content (AvgIpc) is 2.00. The van der Waals surface area contributed by atoms with Crippen molar-refractivity contribution in [2.45, 2.75) is 25.9 Å². The number of carboxylic acid groups (broad SMARTS) is 1. The fraction of sp³-hybridized carbons (Fsp3) is 0.875. The lowest BCUT2D eigenvalue weighted by Crippen LogP contribution is -2.57. The van der Waals surface area contributed by atoms with Crippen molar-refractivity contribution >= 4 is 6.09 Å². The topological polar surface area (TPSA) is 43.8 Å². The Kier molecular flexibility index (Phi) is 2.57. The largest absolute Gasteiger partial charge is 0.465 e. The van der Waals surface area contributed by atoms with Crippen molar-refractivity contribution in [1.82, 2.24) is 9.80 Å². The summed E-state index contributed by atoms with van der Waals surface area (Å²) in [5, 5.41) is 8.82. The minimum Gasteiger partial charge on any atom is -0.465 e. The van der Waals surface area contributed by atoms with Crippen molar-refractivity contribution in [3.8, 4) is 0 Å². The van der Waals surface area contributed by atoms with Gasteiger partial charge >= 0.3 is 6.09 Å². The highest BCUT2D eigenvalue weighted by Crippen LogP contribution is 2.14. The number of rotatable bonds is 0. The minimum absolute atomic E-state index is 0.0984. The smallest absolute Gasteiger partial charge is 0.407 e. The van der Waals surface area contributed by atoms with Gasteiger partial charge in [-0.1, -0.05) is 0 Å². The zero-order chi connectivity index (χ0) is 9.30. The van der Waals surface area contributed by atoms with Gasteiger partial charge in [-0.25, -0.2) is 4.79 Å². The molecule has 1 N–H and O–H groups in total. The first-order valence-electron chi connectivity index (χ1n) is 4.24. The van der Waals surface area contributed by atoms with E-state index in [-0.39, 0.29) is 6.04 Å². The Morgan fingerprint density at radius 2 is 1.92 bits per heavy atom. The highest BCUT2D eigenvalue weighted by atomic mass is 16.4. The van der Waals surface area contributed by atoms with Crippen LogP contribution in [-0.4, -0.2) is 53.2 Å². The summed E-state index contributed by atoms with van der Waals surface area (Å²) >= 11 is 0. The zero-order valence-corrected chi connectivity index (χ0v) is 7.82. The number of hydrogen-bond acceptors (Lipinski definition) is 2. The number of carbonyl (C=O) groups is 1. The van der Waals surface area contributed by atoms with Gasteiger partial charge in [0, 0.05) is 25.2 Å². The SMILES string of the molecule is C[C@H]1[C@H](C)N(C(=O)O)CCN1C. The van der Waals surface area contributed by atoms with Crippen LogP contribution in [0.3, 0.4) is 0 Å². The maximum atomic E-state index is 10.7. The molecule has 1 fully saturated rings. The minimum atomic E-state index is -0.803. The first-order valence-corrected chi connectivity index (χ1v) is 4.24. The quantitative estimate of drug-likeness (QED) is 0.584. The van der Waals surface area contributed by atoms with Crippen molar-refractivity contribution < 1.29 is 9.90 Å². The number of hydrogen-bond donors (Lipinski definition) is 1. The van der Waals surface area contributed by atoms with E-state index in [1.165, 1.54) is 4.90 Å². The summed E-state index contributed by atoms with van der Waals surface area (Å²) in [6.45, 7) is 5.46. The van der Waals surface area contributed by atoms with Gasteiger partial charge in [0.15, 0.2) is 0 Å². The van der Waals surface area contributed by atoms with Crippen LogP contribution in [0.2, 0.25) is 0 Å². The van der Waals surface area contributed by atoms with Crippen LogP contribution in [-0.2, 0) is 0 Å². The van der Waals surface area contributed by atoms with Crippen molar-refractivity contribution in [2.24, 2.45) is 0 Å². The second-order valence-corrected chi connectivity index (χ2v) is 3.44. The lowest BCUT2D eigenvalue weighted by atomic mass is 10.1. The van der Waals surface area contributed by atoms with E-state index in [1.807, 2.05) is 14.0 Å². The van der Waals surface area contributed by atoms with Crippen LogP contribution in [0.4, 0.5) is 4.79 Å². The summed E-state index contributed by atoms with van der Waals surface area (Å²) < 4.78 is 0. The first-order chi connectivity index (χ1) is 5.54. The van der Waals surface area contributed by atoms with Gasteiger partial charge in [0.1, 0.15) is 0 Å². The highest BCUT2D eigenvalue weighted by Gasteiger charge is 2.30. The van der Waals surface area contributed by atoms with Gasteiger partial charge in [0.25, 0.3) is 0 Å². The Bertz CT molecular complexity index is 184. The van der Waals surface area contributed by atoms with E-state index in [2.05, 4.69) is 11.8 Å². The molecule has 0 unspecified atom stereocenters. The molecule has 0 spiro atoms. The van der Waals surface area contributed by atoms with Crippen LogP contribution in [0.25, 0.3) is 0 Å². The Balaban J connectivity index is 2.65. The Hall–Kier alpha value is -0.770. The molecule has 1 amide bonds. The third-order valence-electron chi connectivity index (χ3n) is 2.82. The van der Waals surface area contributed by atoms with Crippen LogP contribution >= 0.6 is 0 Å². The normalized spacial score (nSPS) is 32.1. The Morgan fingerprint density at radius 1 is 1.33 bits per heavy atom. The highest BCUT2D eigenvalue weighted by molar-refractivity contribution is 5.65.